The molecule has 0 fully saturated rings. The molecule has 4 nitrogen and oxygen atoms in total. The molecule has 0 atom stereocenters. The zero-order valence-corrected chi connectivity index (χ0v) is 17.8. The SMILES string of the molecule is CSc1nc2ccc3nc(Nc4nc5c(Cl)ccc(Cl)c5s4)sc3c2s1. The summed E-state index contributed by atoms with van der Waals surface area (Å²) in [5, 5.41) is 6.05. The predicted octanol–water partition coefficient (Wildman–Crippen LogP) is 7.29. The maximum absolute atomic E-state index is 6.25. The van der Waals surface area contributed by atoms with E-state index in [9.17, 15) is 0 Å². The van der Waals surface area contributed by atoms with Gasteiger partial charge in [0.2, 0.25) is 0 Å². The molecule has 0 saturated carbocycles. The van der Waals surface area contributed by atoms with Crippen LogP contribution in [0.4, 0.5) is 10.3 Å². The minimum absolute atomic E-state index is 0.592. The summed E-state index contributed by atoms with van der Waals surface area (Å²) in [6.45, 7) is 0. The van der Waals surface area contributed by atoms with Gasteiger partial charge in [0.25, 0.3) is 0 Å². The largest absolute Gasteiger partial charge is 0.307 e. The van der Waals surface area contributed by atoms with Gasteiger partial charge < -0.3 is 5.32 Å². The molecule has 0 aliphatic heterocycles. The molecule has 3 heterocycles. The second kappa shape index (κ2) is 6.47. The van der Waals surface area contributed by atoms with Crippen LogP contribution >= 0.6 is 69.0 Å². The van der Waals surface area contributed by atoms with E-state index >= 15 is 0 Å². The number of halogens is 2. The van der Waals surface area contributed by atoms with E-state index in [1.165, 1.54) is 16.0 Å². The topological polar surface area (TPSA) is 50.7 Å². The lowest BCUT2D eigenvalue weighted by molar-refractivity contribution is 1.31. The van der Waals surface area contributed by atoms with Crippen molar-refractivity contribution in [3.63, 3.8) is 0 Å². The van der Waals surface area contributed by atoms with Crippen LogP contribution in [0.3, 0.4) is 0 Å². The van der Waals surface area contributed by atoms with Crippen molar-refractivity contribution in [2.45, 2.75) is 4.34 Å². The monoisotopic (exact) mass is 454 g/mol. The van der Waals surface area contributed by atoms with Crippen LogP contribution in [-0.2, 0) is 0 Å². The Morgan fingerprint density at radius 2 is 1.46 bits per heavy atom. The zero-order valence-electron chi connectivity index (χ0n) is 13.0. The van der Waals surface area contributed by atoms with Crippen molar-refractivity contribution >= 4 is 110 Å². The molecule has 130 valence electrons. The van der Waals surface area contributed by atoms with Gasteiger partial charge in [0, 0.05) is 0 Å². The van der Waals surface area contributed by atoms with E-state index in [-0.39, 0.29) is 0 Å². The summed E-state index contributed by atoms with van der Waals surface area (Å²) in [5.41, 5.74) is 2.68. The Labute approximate surface area is 174 Å². The van der Waals surface area contributed by atoms with Gasteiger partial charge >= 0.3 is 0 Å². The molecule has 0 radical (unpaired) electrons. The third-order valence-corrected chi connectivity index (χ3v) is 8.67. The number of nitrogens with zero attached hydrogens (tertiary/aromatic N) is 3. The molecule has 1 N–H and O–H groups in total. The summed E-state index contributed by atoms with van der Waals surface area (Å²) in [4.78, 5) is 13.9. The third-order valence-electron chi connectivity index (χ3n) is 3.73. The smallest absolute Gasteiger partial charge is 0.190 e. The van der Waals surface area contributed by atoms with Crippen molar-refractivity contribution in [2.75, 3.05) is 11.6 Å². The van der Waals surface area contributed by atoms with Crippen LogP contribution in [-0.4, -0.2) is 21.2 Å². The summed E-state index contributed by atoms with van der Waals surface area (Å²) < 4.78 is 4.25. The second-order valence-electron chi connectivity index (χ2n) is 5.32. The van der Waals surface area contributed by atoms with Gasteiger partial charge in [0.15, 0.2) is 14.6 Å². The highest BCUT2D eigenvalue weighted by atomic mass is 35.5. The molecule has 10 heteroatoms. The highest BCUT2D eigenvalue weighted by Gasteiger charge is 2.14. The highest BCUT2D eigenvalue weighted by Crippen LogP contribution is 2.41. The summed E-state index contributed by atoms with van der Waals surface area (Å²) in [5.74, 6) is 0. The van der Waals surface area contributed by atoms with Crippen molar-refractivity contribution in [3.8, 4) is 0 Å². The third kappa shape index (κ3) is 2.76. The summed E-state index contributed by atoms with van der Waals surface area (Å²) in [6, 6.07) is 7.58. The van der Waals surface area contributed by atoms with E-state index in [1.54, 1.807) is 46.6 Å². The van der Waals surface area contributed by atoms with Gasteiger partial charge in [0.1, 0.15) is 5.52 Å². The fourth-order valence-electron chi connectivity index (χ4n) is 2.58. The number of anilines is 2. The fourth-order valence-corrected chi connectivity index (χ4v) is 6.73. The maximum Gasteiger partial charge on any atom is 0.190 e. The molecule has 0 aliphatic carbocycles. The number of hydrogen-bond donors (Lipinski definition) is 1. The molecule has 5 aromatic rings. The number of aromatic nitrogens is 3. The molecule has 0 spiro atoms. The normalized spacial score (nSPS) is 11.8. The first-order chi connectivity index (χ1) is 12.6. The van der Waals surface area contributed by atoms with Crippen molar-refractivity contribution in [3.05, 3.63) is 34.3 Å². The molecule has 0 aliphatic rings. The number of thiazole rings is 3. The Bertz CT molecular complexity index is 1250. The van der Waals surface area contributed by atoms with Crippen LogP contribution < -0.4 is 5.32 Å². The van der Waals surface area contributed by atoms with E-state index in [4.69, 9.17) is 23.2 Å². The lowest BCUT2D eigenvalue weighted by Crippen LogP contribution is -1.87. The van der Waals surface area contributed by atoms with Crippen LogP contribution in [0.25, 0.3) is 30.6 Å². The number of fused-ring (bicyclic) bond motifs is 4. The van der Waals surface area contributed by atoms with Gasteiger partial charge in [-0.25, -0.2) is 15.0 Å². The molecule has 0 amide bonds. The van der Waals surface area contributed by atoms with Crippen LogP contribution in [0.5, 0.6) is 0 Å². The minimum atomic E-state index is 0.592. The van der Waals surface area contributed by atoms with Crippen molar-refractivity contribution in [1.82, 2.24) is 15.0 Å². The van der Waals surface area contributed by atoms with Crippen LogP contribution in [0.1, 0.15) is 0 Å². The standard InChI is InChI=1S/C16H8Cl2N4S4/c1-23-16-20-9-5-4-8-12(13(9)26-16)25-14(19-8)22-15-21-10-6(17)2-3-7(18)11(10)24-15/h2-5H,1H3,(H,19,21,22). The minimum Gasteiger partial charge on any atom is -0.307 e. The molecule has 0 bridgehead atoms. The number of benzene rings is 2. The number of thioether (sulfide) groups is 1. The van der Waals surface area contributed by atoms with E-state index in [2.05, 4.69) is 20.3 Å². The average Bonchev–Trinajstić information content (AvgIpc) is 3.33. The molecular weight excluding hydrogens is 447 g/mol. The molecule has 26 heavy (non-hydrogen) atoms. The van der Waals surface area contributed by atoms with E-state index < -0.39 is 0 Å². The van der Waals surface area contributed by atoms with Gasteiger partial charge in [-0.15, -0.1) is 11.3 Å². The predicted molar refractivity (Wildman–Crippen MR) is 118 cm³/mol. The lowest BCUT2D eigenvalue weighted by atomic mass is 10.3. The Kier molecular flexibility index (Phi) is 4.22. The Hall–Kier alpha value is -1.16. The Morgan fingerprint density at radius 1 is 0.808 bits per heavy atom. The van der Waals surface area contributed by atoms with Crippen molar-refractivity contribution in [1.29, 1.82) is 0 Å². The second-order valence-corrected chi connectivity index (χ2v) is 10.2. The lowest BCUT2D eigenvalue weighted by Gasteiger charge is -1.93. The first-order valence-electron chi connectivity index (χ1n) is 7.38. The van der Waals surface area contributed by atoms with Crippen molar-refractivity contribution < 1.29 is 0 Å². The first-order valence-corrected chi connectivity index (χ1v) is 11.8. The molecular formula is C16H8Cl2N4S4. The first kappa shape index (κ1) is 17.0. The van der Waals surface area contributed by atoms with Gasteiger partial charge in [-0.1, -0.05) is 57.6 Å². The zero-order chi connectivity index (χ0) is 17.8. The molecule has 2 aromatic carbocycles. The maximum atomic E-state index is 6.25. The summed E-state index contributed by atoms with van der Waals surface area (Å²) in [6.07, 6.45) is 2.04. The molecule has 0 saturated heterocycles. The molecule has 3 aromatic heterocycles. The number of hydrogen-bond acceptors (Lipinski definition) is 8. The Morgan fingerprint density at radius 3 is 2.23 bits per heavy atom. The van der Waals surface area contributed by atoms with Gasteiger partial charge in [0.05, 0.1) is 35.2 Å². The van der Waals surface area contributed by atoms with E-state index in [0.29, 0.717) is 15.6 Å². The average molecular weight is 455 g/mol. The van der Waals surface area contributed by atoms with Crippen LogP contribution in [0.15, 0.2) is 28.6 Å². The van der Waals surface area contributed by atoms with Gasteiger partial charge in [-0.2, -0.15) is 0 Å². The van der Waals surface area contributed by atoms with E-state index in [1.807, 2.05) is 18.4 Å². The number of rotatable bonds is 3. The quantitative estimate of drug-likeness (QED) is 0.290. The molecule has 5 rings (SSSR count). The van der Waals surface area contributed by atoms with Crippen LogP contribution in [0.2, 0.25) is 10.0 Å². The Balaban J connectivity index is 1.59. The fraction of sp³-hybridized carbons (Fsp3) is 0.0625. The van der Waals surface area contributed by atoms with Crippen LogP contribution in [0, 0.1) is 0 Å². The number of nitrogens with one attached hydrogen (secondary N) is 1. The van der Waals surface area contributed by atoms with Crippen molar-refractivity contribution in [2.24, 2.45) is 0 Å². The molecule has 0 unspecified atom stereocenters. The highest BCUT2D eigenvalue weighted by molar-refractivity contribution is 8.00. The summed E-state index contributed by atoms with van der Waals surface area (Å²) in [7, 11) is 0. The van der Waals surface area contributed by atoms with E-state index in [0.717, 1.165) is 35.0 Å². The summed E-state index contributed by atoms with van der Waals surface area (Å²) >= 11 is 18.9. The van der Waals surface area contributed by atoms with Gasteiger partial charge in [-0.05, 0) is 30.5 Å². The van der Waals surface area contributed by atoms with Gasteiger partial charge in [-0.3, -0.25) is 0 Å².